The van der Waals surface area contributed by atoms with E-state index in [9.17, 15) is 9.18 Å². The van der Waals surface area contributed by atoms with Gasteiger partial charge in [-0.2, -0.15) is 4.98 Å². The zero-order chi connectivity index (χ0) is 18.5. The SMILES string of the molecule is CN(Cc1cccc(F)c1)C(=O)COc1nc(-c2ccccc2Cl)no1. The fraction of sp³-hybridized carbons (Fsp3) is 0.167. The van der Waals surface area contributed by atoms with Crippen LogP contribution in [0.3, 0.4) is 0 Å². The topological polar surface area (TPSA) is 68.5 Å². The van der Waals surface area contributed by atoms with Gasteiger partial charge in [0, 0.05) is 19.2 Å². The Bertz CT molecular complexity index is 916. The summed E-state index contributed by atoms with van der Waals surface area (Å²) in [4.78, 5) is 17.6. The van der Waals surface area contributed by atoms with Crippen LogP contribution in [0.25, 0.3) is 11.4 Å². The Morgan fingerprint density at radius 3 is 2.85 bits per heavy atom. The average molecular weight is 376 g/mol. The minimum atomic E-state index is -0.349. The predicted octanol–water partition coefficient (Wildman–Crippen LogP) is 3.57. The van der Waals surface area contributed by atoms with Crippen LogP contribution in [0.15, 0.2) is 53.1 Å². The van der Waals surface area contributed by atoms with Gasteiger partial charge in [0.15, 0.2) is 6.61 Å². The van der Waals surface area contributed by atoms with Crippen molar-refractivity contribution >= 4 is 17.5 Å². The van der Waals surface area contributed by atoms with E-state index in [1.54, 1.807) is 43.4 Å². The molecule has 0 fully saturated rings. The molecule has 8 heteroatoms. The summed E-state index contributed by atoms with van der Waals surface area (Å²) in [6, 6.07) is 13.1. The van der Waals surface area contributed by atoms with Crippen molar-refractivity contribution < 1.29 is 18.4 Å². The first-order valence-electron chi connectivity index (χ1n) is 7.73. The zero-order valence-electron chi connectivity index (χ0n) is 13.9. The van der Waals surface area contributed by atoms with Gasteiger partial charge in [-0.1, -0.05) is 41.0 Å². The van der Waals surface area contributed by atoms with Crippen molar-refractivity contribution in [3.8, 4) is 17.5 Å². The lowest BCUT2D eigenvalue weighted by atomic mass is 10.2. The fourth-order valence-electron chi connectivity index (χ4n) is 2.25. The first kappa shape index (κ1) is 17.9. The van der Waals surface area contributed by atoms with Gasteiger partial charge in [0.25, 0.3) is 5.91 Å². The monoisotopic (exact) mass is 375 g/mol. The van der Waals surface area contributed by atoms with E-state index < -0.39 is 0 Å². The van der Waals surface area contributed by atoms with E-state index in [-0.39, 0.29) is 36.8 Å². The molecule has 0 bridgehead atoms. The molecule has 0 saturated heterocycles. The van der Waals surface area contributed by atoms with E-state index in [4.69, 9.17) is 20.9 Å². The van der Waals surface area contributed by atoms with E-state index in [1.165, 1.54) is 17.0 Å². The number of halogens is 2. The minimum absolute atomic E-state index is 0.132. The molecule has 1 amide bonds. The number of aromatic nitrogens is 2. The predicted molar refractivity (Wildman–Crippen MR) is 93.1 cm³/mol. The molecule has 3 aromatic rings. The molecule has 3 rings (SSSR count). The van der Waals surface area contributed by atoms with Crippen LogP contribution >= 0.6 is 11.6 Å². The molecule has 1 heterocycles. The Kier molecular flexibility index (Phi) is 5.48. The quantitative estimate of drug-likeness (QED) is 0.658. The van der Waals surface area contributed by atoms with Gasteiger partial charge in [0.05, 0.1) is 5.02 Å². The highest BCUT2D eigenvalue weighted by Crippen LogP contribution is 2.26. The van der Waals surface area contributed by atoms with Gasteiger partial charge in [-0.05, 0) is 29.8 Å². The lowest BCUT2D eigenvalue weighted by Crippen LogP contribution is -2.31. The van der Waals surface area contributed by atoms with Crippen LogP contribution in [0.1, 0.15) is 5.56 Å². The summed E-state index contributed by atoms with van der Waals surface area (Å²) in [6.07, 6.45) is -0.132. The van der Waals surface area contributed by atoms with Crippen LogP contribution < -0.4 is 4.74 Å². The number of likely N-dealkylation sites (N-methyl/N-ethyl adjacent to an activating group) is 1. The maximum absolute atomic E-state index is 13.2. The van der Waals surface area contributed by atoms with Gasteiger partial charge in [-0.15, -0.1) is 0 Å². The molecule has 1 aromatic heterocycles. The third kappa shape index (κ3) is 4.37. The van der Waals surface area contributed by atoms with Crippen molar-refractivity contribution in [3.05, 3.63) is 64.9 Å². The maximum atomic E-state index is 13.2. The zero-order valence-corrected chi connectivity index (χ0v) is 14.6. The number of amides is 1. The molecule has 26 heavy (non-hydrogen) atoms. The smallest absolute Gasteiger partial charge is 0.418 e. The van der Waals surface area contributed by atoms with E-state index >= 15 is 0 Å². The number of rotatable bonds is 6. The molecule has 0 aliphatic carbocycles. The van der Waals surface area contributed by atoms with Crippen molar-refractivity contribution in [1.29, 1.82) is 0 Å². The number of carbonyl (C=O) groups is 1. The molecule has 0 unspecified atom stereocenters. The first-order valence-corrected chi connectivity index (χ1v) is 8.10. The maximum Gasteiger partial charge on any atom is 0.418 e. The minimum Gasteiger partial charge on any atom is -0.439 e. The number of ether oxygens (including phenoxy) is 1. The van der Waals surface area contributed by atoms with Crippen molar-refractivity contribution in [2.45, 2.75) is 6.54 Å². The Morgan fingerprint density at radius 1 is 1.27 bits per heavy atom. The highest BCUT2D eigenvalue weighted by atomic mass is 35.5. The summed E-state index contributed by atoms with van der Waals surface area (Å²) in [6.45, 7) is -0.0232. The van der Waals surface area contributed by atoms with Crippen molar-refractivity contribution in [2.24, 2.45) is 0 Å². The van der Waals surface area contributed by atoms with E-state index in [1.807, 2.05) is 0 Å². The van der Waals surface area contributed by atoms with Crippen LogP contribution in [0, 0.1) is 5.82 Å². The van der Waals surface area contributed by atoms with Crippen LogP contribution in [-0.4, -0.2) is 34.6 Å². The molecule has 0 atom stereocenters. The molecule has 0 spiro atoms. The average Bonchev–Trinajstić information content (AvgIpc) is 3.09. The lowest BCUT2D eigenvalue weighted by molar-refractivity contribution is -0.133. The summed E-state index contributed by atoms with van der Waals surface area (Å²) in [5.41, 5.74) is 1.28. The highest BCUT2D eigenvalue weighted by Gasteiger charge is 2.15. The number of hydrogen-bond donors (Lipinski definition) is 0. The first-order chi connectivity index (χ1) is 12.5. The molecule has 0 aliphatic rings. The normalized spacial score (nSPS) is 10.6. The number of carbonyl (C=O) groups excluding carboxylic acids is 1. The Labute approximate surface area is 154 Å². The second kappa shape index (κ2) is 7.97. The van der Waals surface area contributed by atoms with Crippen LogP contribution in [-0.2, 0) is 11.3 Å². The molecule has 0 aliphatic heterocycles. The Hall–Kier alpha value is -2.93. The molecule has 6 nitrogen and oxygen atoms in total. The third-order valence-corrected chi connectivity index (χ3v) is 3.91. The molecule has 2 aromatic carbocycles. The third-order valence-electron chi connectivity index (χ3n) is 3.58. The summed E-state index contributed by atoms with van der Waals surface area (Å²) < 4.78 is 23.4. The molecule has 0 saturated carbocycles. The molecular formula is C18H15ClFN3O3. The number of hydrogen-bond acceptors (Lipinski definition) is 5. The van der Waals surface area contributed by atoms with Gasteiger partial charge >= 0.3 is 6.08 Å². The standard InChI is InChI=1S/C18H15ClFN3O3/c1-23(10-12-5-4-6-13(20)9-12)16(24)11-25-18-21-17(22-26-18)14-7-2-3-8-15(14)19/h2-9H,10-11H2,1H3. The Balaban J connectivity index is 1.57. The lowest BCUT2D eigenvalue weighted by Gasteiger charge is -2.16. The largest absolute Gasteiger partial charge is 0.439 e. The summed E-state index contributed by atoms with van der Waals surface area (Å²) in [5.74, 6) is -0.393. The molecule has 134 valence electrons. The van der Waals surface area contributed by atoms with Gasteiger partial charge < -0.3 is 9.64 Å². The fourth-order valence-corrected chi connectivity index (χ4v) is 2.47. The Morgan fingerprint density at radius 2 is 2.08 bits per heavy atom. The second-order valence-corrected chi connectivity index (χ2v) is 5.94. The van der Waals surface area contributed by atoms with Crippen molar-refractivity contribution in [1.82, 2.24) is 15.0 Å². The summed E-state index contributed by atoms with van der Waals surface area (Å²) in [7, 11) is 1.60. The number of nitrogens with zero attached hydrogens (tertiary/aromatic N) is 3. The van der Waals surface area contributed by atoms with Gasteiger partial charge in [0.2, 0.25) is 5.82 Å². The van der Waals surface area contributed by atoms with Crippen LogP contribution in [0.2, 0.25) is 5.02 Å². The van der Waals surface area contributed by atoms with E-state index in [2.05, 4.69) is 10.1 Å². The van der Waals surface area contributed by atoms with Crippen LogP contribution in [0.4, 0.5) is 4.39 Å². The second-order valence-electron chi connectivity index (χ2n) is 5.53. The molecule has 0 N–H and O–H groups in total. The highest BCUT2D eigenvalue weighted by molar-refractivity contribution is 6.33. The number of benzene rings is 2. The van der Waals surface area contributed by atoms with E-state index in [0.717, 1.165) is 0 Å². The van der Waals surface area contributed by atoms with Crippen molar-refractivity contribution in [2.75, 3.05) is 13.7 Å². The van der Waals surface area contributed by atoms with E-state index in [0.29, 0.717) is 16.1 Å². The van der Waals surface area contributed by atoms with Crippen molar-refractivity contribution in [3.63, 3.8) is 0 Å². The van der Waals surface area contributed by atoms with Crippen LogP contribution in [0.5, 0.6) is 6.08 Å². The van der Waals surface area contributed by atoms with Gasteiger partial charge in [-0.3, -0.25) is 9.32 Å². The molecular weight excluding hydrogens is 361 g/mol. The van der Waals surface area contributed by atoms with Gasteiger partial charge in [0.1, 0.15) is 5.82 Å². The molecule has 0 radical (unpaired) electrons. The summed E-state index contributed by atoms with van der Waals surface area (Å²) in [5, 5.41) is 4.26. The summed E-state index contributed by atoms with van der Waals surface area (Å²) >= 11 is 6.08. The van der Waals surface area contributed by atoms with Gasteiger partial charge in [-0.25, -0.2) is 4.39 Å².